The number of unbranched alkanes of at least 4 members (excludes halogenated alkanes) is 1. The van der Waals surface area contributed by atoms with E-state index in [2.05, 4.69) is 75.1 Å². The molecule has 0 radical (unpaired) electrons. The minimum atomic E-state index is -0.138. The van der Waals surface area contributed by atoms with Crippen LogP contribution >= 0.6 is 11.8 Å². The zero-order valence-corrected chi connectivity index (χ0v) is 23.7. The summed E-state index contributed by atoms with van der Waals surface area (Å²) in [6.45, 7) is 11.2. The number of hydrogen-bond acceptors (Lipinski definition) is 4. The fourth-order valence-corrected chi connectivity index (χ4v) is 6.31. The van der Waals surface area contributed by atoms with Gasteiger partial charge in [-0.2, -0.15) is 0 Å². The minimum Gasteiger partial charge on any atom is -0.401 e. The summed E-state index contributed by atoms with van der Waals surface area (Å²) in [5, 5.41) is 0. The normalized spacial score (nSPS) is 20.2. The number of thioether (sulfide) groups is 1. The molecule has 0 aromatic heterocycles. The molecule has 0 bridgehead atoms. The van der Waals surface area contributed by atoms with Crippen LogP contribution in [-0.2, 0) is 6.42 Å². The summed E-state index contributed by atoms with van der Waals surface area (Å²) < 4.78 is 13.6. The Kier molecular flexibility index (Phi) is 10.5. The molecule has 2 aliphatic rings. The summed E-state index contributed by atoms with van der Waals surface area (Å²) >= 11 is 1.97. The Morgan fingerprint density at radius 3 is 2.69 bits per heavy atom. The van der Waals surface area contributed by atoms with Crippen LogP contribution in [-0.4, -0.2) is 22.4 Å². The van der Waals surface area contributed by atoms with Crippen molar-refractivity contribution in [2.45, 2.75) is 95.0 Å². The van der Waals surface area contributed by atoms with Gasteiger partial charge in [-0.15, -0.1) is 11.8 Å². The highest BCUT2D eigenvalue weighted by atomic mass is 32.2. The van der Waals surface area contributed by atoms with E-state index in [0.29, 0.717) is 18.4 Å². The Morgan fingerprint density at radius 2 is 2.03 bits per heavy atom. The summed E-state index contributed by atoms with van der Waals surface area (Å²) in [5.74, 6) is 0.777. The lowest BCUT2D eigenvalue weighted by atomic mass is 9.91. The lowest BCUT2D eigenvalue weighted by Gasteiger charge is -2.35. The molecule has 3 unspecified atom stereocenters. The number of benzene rings is 1. The zero-order valence-electron chi connectivity index (χ0n) is 22.8. The number of hydrogen-bond donors (Lipinski definition) is 2. The van der Waals surface area contributed by atoms with Gasteiger partial charge in [-0.05, 0) is 81.1 Å². The molecule has 0 saturated carbocycles. The molecule has 4 N–H and O–H groups in total. The first-order valence-electron chi connectivity index (χ1n) is 13.5. The molecule has 36 heavy (non-hydrogen) atoms. The zero-order chi connectivity index (χ0) is 26.3. The predicted octanol–water partition coefficient (Wildman–Crippen LogP) is 7.81. The molecule has 0 amide bonds. The van der Waals surface area contributed by atoms with Crippen LogP contribution in [0.4, 0.5) is 4.39 Å². The Labute approximate surface area is 223 Å². The molecular formula is C31H46FN3S. The topological polar surface area (TPSA) is 55.3 Å². The molecule has 0 saturated heterocycles. The molecule has 3 nitrogen and oxygen atoms in total. The minimum absolute atomic E-state index is 0.105. The molecule has 0 fully saturated rings. The Balaban J connectivity index is 1.75. The van der Waals surface area contributed by atoms with Gasteiger partial charge in [-0.25, -0.2) is 4.39 Å². The van der Waals surface area contributed by atoms with Crippen LogP contribution in [0.25, 0.3) is 0 Å². The molecule has 1 aliphatic heterocycles. The van der Waals surface area contributed by atoms with Crippen LogP contribution < -0.4 is 11.5 Å². The maximum Gasteiger partial charge on any atom is 0.0929 e. The Bertz CT molecular complexity index is 984. The van der Waals surface area contributed by atoms with Crippen molar-refractivity contribution < 1.29 is 4.39 Å². The van der Waals surface area contributed by atoms with Crippen molar-refractivity contribution in [3.8, 4) is 0 Å². The van der Waals surface area contributed by atoms with Crippen LogP contribution in [0.2, 0.25) is 0 Å². The van der Waals surface area contributed by atoms with E-state index in [9.17, 15) is 4.39 Å². The van der Waals surface area contributed by atoms with E-state index < -0.39 is 0 Å². The van der Waals surface area contributed by atoms with Gasteiger partial charge in [0.05, 0.1) is 12.0 Å². The SMILES string of the molecule is CCC/C=C\C=C(/N)CN(C(N)CCC(C/C=C(\C)F)C1C=C1)C(C)c1ccc2c(c1)SC(C)(C)C2. The van der Waals surface area contributed by atoms with Gasteiger partial charge in [0.25, 0.3) is 0 Å². The van der Waals surface area contributed by atoms with E-state index in [0.717, 1.165) is 44.2 Å². The summed E-state index contributed by atoms with van der Waals surface area (Å²) in [4.78, 5) is 3.72. The summed E-state index contributed by atoms with van der Waals surface area (Å²) in [5.41, 5.74) is 16.9. The van der Waals surface area contributed by atoms with E-state index in [-0.39, 0.29) is 22.8 Å². The summed E-state index contributed by atoms with van der Waals surface area (Å²) in [6.07, 6.45) is 18.1. The third kappa shape index (κ3) is 8.64. The highest BCUT2D eigenvalue weighted by Crippen LogP contribution is 2.45. The molecule has 1 heterocycles. The largest absolute Gasteiger partial charge is 0.401 e. The first-order valence-corrected chi connectivity index (χ1v) is 14.4. The van der Waals surface area contributed by atoms with Crippen LogP contribution in [0.5, 0.6) is 0 Å². The van der Waals surface area contributed by atoms with E-state index >= 15 is 0 Å². The first-order chi connectivity index (χ1) is 17.1. The van der Waals surface area contributed by atoms with Crippen LogP contribution in [0.15, 0.2) is 71.1 Å². The van der Waals surface area contributed by atoms with Crippen molar-refractivity contribution in [1.29, 1.82) is 0 Å². The smallest absolute Gasteiger partial charge is 0.0929 e. The van der Waals surface area contributed by atoms with E-state index in [1.165, 1.54) is 22.9 Å². The quantitative estimate of drug-likeness (QED) is 0.152. The standard InChI is InChI=1S/C31H46FN3S/c1-6-7-8-9-10-28(33)21-35(30(34)18-17-24(25-13-14-25)12-11-22(2)32)23(3)26-15-16-27-20-31(4,5)36-29(27)19-26/h8-11,13-16,19,23-25,30H,6-7,12,17-18,20-21,33-34H2,1-5H3/b9-8-,22-11+,28-10-. The van der Waals surface area contributed by atoms with Gasteiger partial charge in [0, 0.05) is 27.9 Å². The van der Waals surface area contributed by atoms with Gasteiger partial charge < -0.3 is 11.5 Å². The van der Waals surface area contributed by atoms with Gasteiger partial charge in [0.1, 0.15) is 0 Å². The number of nitrogens with zero attached hydrogens (tertiary/aromatic N) is 1. The second kappa shape index (κ2) is 13.1. The molecule has 5 heteroatoms. The van der Waals surface area contributed by atoms with Crippen molar-refractivity contribution in [2.75, 3.05) is 6.54 Å². The van der Waals surface area contributed by atoms with E-state index in [1.807, 2.05) is 17.8 Å². The monoisotopic (exact) mass is 511 g/mol. The third-order valence-electron chi connectivity index (χ3n) is 7.26. The molecule has 1 aromatic carbocycles. The average molecular weight is 512 g/mol. The lowest BCUT2D eigenvalue weighted by molar-refractivity contribution is 0.144. The van der Waals surface area contributed by atoms with Gasteiger partial charge in [-0.1, -0.05) is 69.7 Å². The highest BCUT2D eigenvalue weighted by Gasteiger charge is 2.31. The maximum absolute atomic E-state index is 13.4. The summed E-state index contributed by atoms with van der Waals surface area (Å²) in [7, 11) is 0. The highest BCUT2D eigenvalue weighted by molar-refractivity contribution is 8.01. The van der Waals surface area contributed by atoms with Gasteiger partial charge in [0.15, 0.2) is 0 Å². The summed E-state index contributed by atoms with van der Waals surface area (Å²) in [6, 6.07) is 7.04. The van der Waals surface area contributed by atoms with Gasteiger partial charge in [-0.3, -0.25) is 4.90 Å². The fourth-order valence-electron chi connectivity index (χ4n) is 5.03. The molecule has 1 aliphatic carbocycles. The maximum atomic E-state index is 13.4. The average Bonchev–Trinajstić information content (AvgIpc) is 3.60. The predicted molar refractivity (Wildman–Crippen MR) is 154 cm³/mol. The van der Waals surface area contributed by atoms with Crippen molar-refractivity contribution in [3.05, 3.63) is 77.3 Å². The Morgan fingerprint density at radius 1 is 1.28 bits per heavy atom. The van der Waals surface area contributed by atoms with Crippen LogP contribution in [0, 0.1) is 11.8 Å². The molecule has 3 rings (SSSR count). The molecule has 198 valence electrons. The number of rotatable bonds is 14. The molecular weight excluding hydrogens is 465 g/mol. The fraction of sp³-hybridized carbons (Fsp3) is 0.548. The third-order valence-corrected chi connectivity index (χ3v) is 8.56. The van der Waals surface area contributed by atoms with Crippen LogP contribution in [0.1, 0.15) is 83.9 Å². The van der Waals surface area contributed by atoms with Crippen molar-refractivity contribution in [2.24, 2.45) is 23.3 Å². The first kappa shape index (κ1) is 28.7. The Hall–Kier alpha value is -1.82. The number of allylic oxidation sites excluding steroid dienone is 7. The van der Waals surface area contributed by atoms with Gasteiger partial charge >= 0.3 is 0 Å². The van der Waals surface area contributed by atoms with Crippen LogP contribution in [0.3, 0.4) is 0 Å². The molecule has 3 atom stereocenters. The van der Waals surface area contributed by atoms with E-state index in [4.69, 9.17) is 11.5 Å². The number of nitrogens with two attached hydrogens (primary N) is 2. The second-order valence-electron chi connectivity index (χ2n) is 11.1. The molecule has 0 spiro atoms. The second-order valence-corrected chi connectivity index (χ2v) is 12.9. The van der Waals surface area contributed by atoms with Crippen molar-refractivity contribution >= 4 is 11.8 Å². The number of fused-ring (bicyclic) bond motifs is 1. The van der Waals surface area contributed by atoms with Crippen molar-refractivity contribution in [3.63, 3.8) is 0 Å². The van der Waals surface area contributed by atoms with Gasteiger partial charge in [0.2, 0.25) is 0 Å². The van der Waals surface area contributed by atoms with E-state index in [1.54, 1.807) is 6.08 Å². The molecule has 1 aromatic rings. The number of halogens is 1. The lowest BCUT2D eigenvalue weighted by Crippen LogP contribution is -2.45. The van der Waals surface area contributed by atoms with Crippen molar-refractivity contribution in [1.82, 2.24) is 4.90 Å².